The van der Waals surface area contributed by atoms with Crippen LogP contribution in [0, 0.1) is 5.92 Å². The molecule has 0 radical (unpaired) electrons. The van der Waals surface area contributed by atoms with Crippen molar-refractivity contribution in [1.29, 1.82) is 0 Å². The lowest BCUT2D eigenvalue weighted by Crippen LogP contribution is -2.47. The maximum Gasteiger partial charge on any atom is 0.233 e. The Kier molecular flexibility index (Phi) is 7.25. The first-order valence-electron chi connectivity index (χ1n) is 9.33. The van der Waals surface area contributed by atoms with E-state index in [1.165, 1.54) is 11.8 Å². The molecule has 0 bridgehead atoms. The third kappa shape index (κ3) is 5.20. The van der Waals surface area contributed by atoms with Crippen LogP contribution < -0.4 is 0 Å². The number of likely N-dealkylation sites (N-methyl/N-ethyl adjacent to an activating group) is 1. The Labute approximate surface area is 180 Å². The molecule has 9 heteroatoms. The van der Waals surface area contributed by atoms with Crippen LogP contribution in [0.4, 0.5) is 0 Å². The lowest BCUT2D eigenvalue weighted by atomic mass is 10.2. The van der Waals surface area contributed by atoms with Crippen LogP contribution in [0.5, 0.6) is 0 Å². The molecule has 0 saturated carbocycles. The number of nitrogens with zero attached hydrogens (tertiary/aromatic N) is 5. The molecule has 0 aliphatic carbocycles. The van der Waals surface area contributed by atoms with Crippen LogP contribution in [0.2, 0.25) is 10.0 Å². The monoisotopic (exact) mass is 441 g/mol. The van der Waals surface area contributed by atoms with E-state index in [4.69, 9.17) is 23.2 Å². The predicted molar refractivity (Wildman–Crippen MR) is 115 cm³/mol. The highest BCUT2D eigenvalue weighted by Gasteiger charge is 2.22. The zero-order valence-corrected chi connectivity index (χ0v) is 18.7. The summed E-state index contributed by atoms with van der Waals surface area (Å²) in [4.78, 5) is 16.7. The van der Waals surface area contributed by atoms with Crippen molar-refractivity contribution in [3.05, 3.63) is 28.2 Å². The first kappa shape index (κ1) is 21.4. The van der Waals surface area contributed by atoms with Crippen molar-refractivity contribution in [2.75, 3.05) is 39.0 Å². The first-order valence-corrected chi connectivity index (χ1v) is 11.1. The van der Waals surface area contributed by atoms with Crippen molar-refractivity contribution in [3.8, 4) is 11.4 Å². The van der Waals surface area contributed by atoms with Crippen molar-refractivity contribution in [3.63, 3.8) is 0 Å². The van der Waals surface area contributed by atoms with Crippen LogP contribution in [-0.2, 0) is 11.3 Å². The molecule has 152 valence electrons. The van der Waals surface area contributed by atoms with Gasteiger partial charge in [-0.2, -0.15) is 0 Å². The minimum Gasteiger partial charge on any atom is -0.339 e. The maximum absolute atomic E-state index is 12.6. The number of carbonyl (C=O) groups is 1. The van der Waals surface area contributed by atoms with Crippen LogP contribution >= 0.6 is 35.0 Å². The van der Waals surface area contributed by atoms with E-state index >= 15 is 0 Å². The zero-order valence-electron chi connectivity index (χ0n) is 16.4. The molecule has 6 nitrogen and oxygen atoms in total. The highest BCUT2D eigenvalue weighted by Crippen LogP contribution is 2.32. The van der Waals surface area contributed by atoms with E-state index in [-0.39, 0.29) is 5.91 Å². The largest absolute Gasteiger partial charge is 0.339 e. The summed E-state index contributed by atoms with van der Waals surface area (Å²) in [6.07, 6.45) is 0. The second-order valence-electron chi connectivity index (χ2n) is 7.41. The molecule has 28 heavy (non-hydrogen) atoms. The molecule has 0 unspecified atom stereocenters. The summed E-state index contributed by atoms with van der Waals surface area (Å²) < 4.78 is 2.04. The second kappa shape index (κ2) is 9.48. The number of piperazine rings is 1. The average Bonchev–Trinajstić information content (AvgIpc) is 3.02. The number of halogens is 2. The molecule has 1 aromatic carbocycles. The van der Waals surface area contributed by atoms with Gasteiger partial charge in [-0.15, -0.1) is 10.2 Å². The highest BCUT2D eigenvalue weighted by molar-refractivity contribution is 7.99. The summed E-state index contributed by atoms with van der Waals surface area (Å²) in [5.41, 5.74) is 0.788. The van der Waals surface area contributed by atoms with Crippen molar-refractivity contribution < 1.29 is 4.79 Å². The van der Waals surface area contributed by atoms with E-state index in [1.54, 1.807) is 12.1 Å². The number of carbonyl (C=O) groups excluding carboxylic acids is 1. The minimum atomic E-state index is 0.142. The predicted octanol–water partition coefficient (Wildman–Crippen LogP) is 3.77. The standard InChI is InChI=1S/C19H25Cl2N5OS/c1-13(2)11-26-18(15-5-4-14(20)10-16(15)21)22-23-19(26)28-12-17(27)25-8-6-24(3)7-9-25/h4-5,10,13H,6-9,11-12H2,1-3H3. The van der Waals surface area contributed by atoms with Gasteiger partial charge in [0.25, 0.3) is 0 Å². The normalized spacial score (nSPS) is 15.4. The summed E-state index contributed by atoms with van der Waals surface area (Å²) in [5.74, 6) is 1.59. The fraction of sp³-hybridized carbons (Fsp3) is 0.526. The molecule has 1 fully saturated rings. The van der Waals surface area contributed by atoms with Gasteiger partial charge in [-0.05, 0) is 31.2 Å². The van der Waals surface area contributed by atoms with Gasteiger partial charge in [0.05, 0.1) is 10.8 Å². The van der Waals surface area contributed by atoms with E-state index in [0.29, 0.717) is 27.5 Å². The Balaban J connectivity index is 1.77. The third-order valence-electron chi connectivity index (χ3n) is 4.62. The summed E-state index contributed by atoms with van der Waals surface area (Å²) in [5, 5.41) is 10.6. The fourth-order valence-electron chi connectivity index (χ4n) is 3.07. The molecule has 3 rings (SSSR count). The van der Waals surface area contributed by atoms with Crippen molar-refractivity contribution >= 4 is 40.9 Å². The van der Waals surface area contributed by atoms with Crippen LogP contribution in [-0.4, -0.2) is 69.5 Å². The Morgan fingerprint density at radius 1 is 1.18 bits per heavy atom. The summed E-state index contributed by atoms with van der Waals surface area (Å²) >= 11 is 13.8. The number of aromatic nitrogens is 3. The third-order valence-corrected chi connectivity index (χ3v) is 6.12. The number of hydrogen-bond acceptors (Lipinski definition) is 5. The molecule has 1 aromatic heterocycles. The molecule has 2 aromatic rings. The van der Waals surface area contributed by atoms with Crippen LogP contribution in [0.25, 0.3) is 11.4 Å². The zero-order chi connectivity index (χ0) is 20.3. The average molecular weight is 442 g/mol. The molecule has 1 aliphatic rings. The molecule has 1 amide bonds. The quantitative estimate of drug-likeness (QED) is 0.638. The van der Waals surface area contributed by atoms with Gasteiger partial charge in [0.15, 0.2) is 11.0 Å². The number of hydrogen-bond donors (Lipinski definition) is 0. The van der Waals surface area contributed by atoms with E-state index in [0.717, 1.165) is 43.4 Å². The Hall–Kier alpha value is -1.28. The van der Waals surface area contributed by atoms with Gasteiger partial charge in [0.1, 0.15) is 0 Å². The lowest BCUT2D eigenvalue weighted by Gasteiger charge is -2.32. The highest BCUT2D eigenvalue weighted by atomic mass is 35.5. The molecule has 1 saturated heterocycles. The van der Waals surface area contributed by atoms with Gasteiger partial charge in [0.2, 0.25) is 5.91 Å². The van der Waals surface area contributed by atoms with E-state index in [9.17, 15) is 4.79 Å². The molecular weight excluding hydrogens is 417 g/mol. The SMILES string of the molecule is CC(C)Cn1c(SCC(=O)N2CCN(C)CC2)nnc1-c1ccc(Cl)cc1Cl. The van der Waals surface area contributed by atoms with Gasteiger partial charge in [-0.3, -0.25) is 4.79 Å². The van der Waals surface area contributed by atoms with Crippen molar-refractivity contribution in [2.24, 2.45) is 5.92 Å². The Bertz CT molecular complexity index is 834. The lowest BCUT2D eigenvalue weighted by molar-refractivity contribution is -0.129. The van der Waals surface area contributed by atoms with Crippen LogP contribution in [0.3, 0.4) is 0 Å². The summed E-state index contributed by atoms with van der Waals surface area (Å²) in [6.45, 7) is 8.40. The van der Waals surface area contributed by atoms with E-state index in [1.807, 2.05) is 15.5 Å². The van der Waals surface area contributed by atoms with Crippen LogP contribution in [0.15, 0.2) is 23.4 Å². The van der Waals surface area contributed by atoms with Gasteiger partial charge in [0, 0.05) is 43.3 Å². The van der Waals surface area contributed by atoms with Crippen molar-refractivity contribution in [1.82, 2.24) is 24.6 Å². The van der Waals surface area contributed by atoms with Gasteiger partial charge in [-0.25, -0.2) is 0 Å². The van der Waals surface area contributed by atoms with Gasteiger partial charge < -0.3 is 14.4 Å². The van der Waals surface area contributed by atoms with Gasteiger partial charge in [-0.1, -0.05) is 48.8 Å². The summed E-state index contributed by atoms with van der Waals surface area (Å²) in [6, 6.07) is 5.35. The van der Waals surface area contributed by atoms with E-state index < -0.39 is 0 Å². The number of thioether (sulfide) groups is 1. The molecular formula is C19H25Cl2N5OS. The number of amides is 1. The molecule has 1 aliphatic heterocycles. The molecule has 2 heterocycles. The van der Waals surface area contributed by atoms with Crippen LogP contribution in [0.1, 0.15) is 13.8 Å². The Morgan fingerprint density at radius 2 is 1.89 bits per heavy atom. The second-order valence-corrected chi connectivity index (χ2v) is 9.19. The molecule has 0 spiro atoms. The van der Waals surface area contributed by atoms with Gasteiger partial charge >= 0.3 is 0 Å². The van der Waals surface area contributed by atoms with E-state index in [2.05, 4.69) is 36.0 Å². The molecule has 0 atom stereocenters. The van der Waals surface area contributed by atoms with Crippen molar-refractivity contribution in [2.45, 2.75) is 25.5 Å². The minimum absolute atomic E-state index is 0.142. The Morgan fingerprint density at radius 3 is 2.54 bits per heavy atom. The fourth-order valence-corrected chi connectivity index (χ4v) is 4.41. The smallest absolute Gasteiger partial charge is 0.233 e. The number of benzene rings is 1. The first-order chi connectivity index (χ1) is 13.3. The maximum atomic E-state index is 12.6. The summed E-state index contributed by atoms with van der Waals surface area (Å²) in [7, 11) is 2.08. The number of rotatable bonds is 6. The topological polar surface area (TPSA) is 54.3 Å². The molecule has 0 N–H and O–H groups in total.